The van der Waals surface area contributed by atoms with Gasteiger partial charge in [-0.2, -0.15) is 0 Å². The van der Waals surface area contributed by atoms with Crippen LogP contribution in [0.5, 0.6) is 0 Å². The van der Waals surface area contributed by atoms with E-state index in [1.54, 1.807) is 11.3 Å². The first-order valence-corrected chi connectivity index (χ1v) is 10.8. The second-order valence-electron chi connectivity index (χ2n) is 7.83. The van der Waals surface area contributed by atoms with Gasteiger partial charge in [0.1, 0.15) is 5.60 Å². The van der Waals surface area contributed by atoms with Crippen LogP contribution < -0.4 is 5.32 Å². The number of carbonyl (C=O) groups excluding carboxylic acids is 2. The van der Waals surface area contributed by atoms with Crippen LogP contribution in [0, 0.1) is 0 Å². The monoisotopic (exact) mass is 392 g/mol. The highest BCUT2D eigenvalue weighted by Gasteiger charge is 2.42. The van der Waals surface area contributed by atoms with Gasteiger partial charge in [0, 0.05) is 30.4 Å². The first-order chi connectivity index (χ1) is 13.1. The largest absolute Gasteiger partial charge is 0.469 e. The van der Waals surface area contributed by atoms with Gasteiger partial charge >= 0.3 is 5.97 Å². The number of fused-ring (bicyclic) bond motifs is 2. The molecule has 27 heavy (non-hydrogen) atoms. The summed E-state index contributed by atoms with van der Waals surface area (Å²) in [6.07, 6.45) is 6.31. The van der Waals surface area contributed by atoms with Gasteiger partial charge in [-0.05, 0) is 56.7 Å². The van der Waals surface area contributed by atoms with E-state index in [0.29, 0.717) is 12.5 Å². The normalized spacial score (nSPS) is 21.7. The number of ether oxygens (including phenoxy) is 2. The molecule has 1 N–H and O–H groups in total. The molecule has 3 aliphatic rings. The Bertz CT molecular complexity index is 705. The van der Waals surface area contributed by atoms with E-state index in [9.17, 15) is 9.59 Å². The number of piperidine rings is 1. The van der Waals surface area contributed by atoms with E-state index in [0.717, 1.165) is 69.6 Å². The Morgan fingerprint density at radius 2 is 2.15 bits per heavy atom. The summed E-state index contributed by atoms with van der Waals surface area (Å²) in [7, 11) is 1.44. The first kappa shape index (κ1) is 18.9. The highest BCUT2D eigenvalue weighted by molar-refractivity contribution is 7.14. The van der Waals surface area contributed by atoms with Crippen LogP contribution in [0.2, 0.25) is 0 Å². The summed E-state index contributed by atoms with van der Waals surface area (Å²) >= 11 is 1.63. The predicted octanol–water partition coefficient (Wildman–Crippen LogP) is 2.46. The van der Waals surface area contributed by atoms with E-state index >= 15 is 0 Å². The fraction of sp³-hybridized carbons (Fsp3) is 0.700. The molecular formula is C20H28N2O4S. The minimum atomic E-state index is -0.227. The van der Waals surface area contributed by atoms with Gasteiger partial charge in [0.25, 0.3) is 5.91 Å². The lowest BCUT2D eigenvalue weighted by Crippen LogP contribution is -2.46. The molecular weight excluding hydrogens is 364 g/mol. The van der Waals surface area contributed by atoms with Gasteiger partial charge in [-0.15, -0.1) is 11.3 Å². The fourth-order valence-electron chi connectivity index (χ4n) is 4.08. The van der Waals surface area contributed by atoms with Crippen molar-refractivity contribution in [2.75, 3.05) is 33.4 Å². The Hall–Kier alpha value is -1.44. The number of thiophene rings is 1. The molecule has 3 heterocycles. The maximum absolute atomic E-state index is 12.4. The Labute approximate surface area is 164 Å². The van der Waals surface area contributed by atoms with Crippen molar-refractivity contribution < 1.29 is 19.1 Å². The molecule has 0 aromatic carbocycles. The summed E-state index contributed by atoms with van der Waals surface area (Å²) < 4.78 is 11.0. The lowest BCUT2D eigenvalue weighted by molar-refractivity contribution is -0.140. The van der Waals surface area contributed by atoms with Crippen LogP contribution in [0.3, 0.4) is 0 Å². The zero-order chi connectivity index (χ0) is 18.9. The Balaban J connectivity index is 1.38. The molecule has 1 aromatic rings. The number of amides is 1. The third-order valence-electron chi connectivity index (χ3n) is 5.86. The molecule has 7 heteroatoms. The fourth-order valence-corrected chi connectivity index (χ4v) is 5.39. The van der Waals surface area contributed by atoms with Gasteiger partial charge in [0.05, 0.1) is 18.6 Å². The number of hydrogen-bond acceptors (Lipinski definition) is 6. The molecule has 0 radical (unpaired) electrons. The SMILES string of the molecule is COC(=O)CCCN1CCC2(CC1)OCCc1cc(C(=O)NC3CC3)sc12. The highest BCUT2D eigenvalue weighted by Crippen LogP contribution is 2.45. The van der Waals surface area contributed by atoms with Crippen LogP contribution in [0.15, 0.2) is 6.07 Å². The number of hydrogen-bond donors (Lipinski definition) is 1. The molecule has 0 bridgehead atoms. The molecule has 1 spiro atoms. The Morgan fingerprint density at radius 1 is 1.37 bits per heavy atom. The molecule has 1 aliphatic carbocycles. The number of methoxy groups -OCH3 is 1. The maximum atomic E-state index is 12.4. The van der Waals surface area contributed by atoms with E-state index in [-0.39, 0.29) is 17.5 Å². The number of esters is 1. The zero-order valence-corrected chi connectivity index (χ0v) is 16.7. The second-order valence-corrected chi connectivity index (χ2v) is 8.88. The number of carbonyl (C=O) groups is 2. The lowest BCUT2D eigenvalue weighted by atomic mass is 9.85. The third-order valence-corrected chi connectivity index (χ3v) is 7.22. The van der Waals surface area contributed by atoms with E-state index in [4.69, 9.17) is 9.47 Å². The summed E-state index contributed by atoms with van der Waals surface area (Å²) in [5.41, 5.74) is 1.07. The smallest absolute Gasteiger partial charge is 0.305 e. The van der Waals surface area contributed by atoms with Crippen molar-refractivity contribution in [1.82, 2.24) is 10.2 Å². The first-order valence-electron chi connectivity index (χ1n) is 9.97. The number of rotatable bonds is 6. The quantitative estimate of drug-likeness (QED) is 0.754. The molecule has 1 saturated carbocycles. The van der Waals surface area contributed by atoms with Crippen molar-refractivity contribution >= 4 is 23.2 Å². The average molecular weight is 393 g/mol. The standard InChI is InChI=1S/C20H28N2O4S/c1-25-17(23)3-2-9-22-10-7-20(8-11-22)18-14(6-12-26-20)13-16(27-18)19(24)21-15-4-5-15/h13,15H,2-12H2,1H3,(H,21,24). The zero-order valence-electron chi connectivity index (χ0n) is 15.9. The Kier molecular flexibility index (Phi) is 5.53. The molecule has 2 fully saturated rings. The molecule has 6 nitrogen and oxygen atoms in total. The van der Waals surface area contributed by atoms with Crippen LogP contribution in [0.25, 0.3) is 0 Å². The number of nitrogens with one attached hydrogen (secondary N) is 1. The van der Waals surface area contributed by atoms with E-state index in [1.807, 2.05) is 0 Å². The summed E-state index contributed by atoms with van der Waals surface area (Å²) in [5.74, 6) is -0.0633. The third kappa shape index (κ3) is 4.20. The maximum Gasteiger partial charge on any atom is 0.305 e. The van der Waals surface area contributed by atoms with E-state index in [2.05, 4.69) is 16.3 Å². The van der Waals surface area contributed by atoms with Crippen LogP contribution in [0.1, 0.15) is 58.6 Å². The minimum absolute atomic E-state index is 0.0762. The van der Waals surface area contributed by atoms with Crippen LogP contribution in [0.4, 0.5) is 0 Å². The van der Waals surface area contributed by atoms with Gasteiger partial charge < -0.3 is 19.7 Å². The molecule has 2 aliphatic heterocycles. The van der Waals surface area contributed by atoms with Crippen molar-refractivity contribution in [2.45, 2.75) is 56.6 Å². The summed E-state index contributed by atoms with van der Waals surface area (Å²) in [4.78, 5) is 28.2. The van der Waals surface area contributed by atoms with Crippen molar-refractivity contribution in [3.63, 3.8) is 0 Å². The summed E-state index contributed by atoms with van der Waals surface area (Å²) in [5, 5.41) is 3.10. The van der Waals surface area contributed by atoms with Gasteiger partial charge in [0.2, 0.25) is 0 Å². The predicted molar refractivity (Wildman–Crippen MR) is 103 cm³/mol. The average Bonchev–Trinajstić information content (AvgIpc) is 3.37. The van der Waals surface area contributed by atoms with Crippen molar-refractivity contribution in [3.8, 4) is 0 Å². The molecule has 1 saturated heterocycles. The van der Waals surface area contributed by atoms with Crippen LogP contribution >= 0.6 is 11.3 Å². The number of likely N-dealkylation sites (tertiary alicyclic amines) is 1. The van der Waals surface area contributed by atoms with Crippen molar-refractivity contribution in [2.24, 2.45) is 0 Å². The van der Waals surface area contributed by atoms with Gasteiger partial charge in [0.15, 0.2) is 0 Å². The molecule has 148 valence electrons. The molecule has 0 unspecified atom stereocenters. The molecule has 4 rings (SSSR count). The van der Waals surface area contributed by atoms with Crippen molar-refractivity contribution in [3.05, 3.63) is 21.4 Å². The van der Waals surface area contributed by atoms with Crippen molar-refractivity contribution in [1.29, 1.82) is 0 Å². The Morgan fingerprint density at radius 3 is 2.85 bits per heavy atom. The highest BCUT2D eigenvalue weighted by atomic mass is 32.1. The van der Waals surface area contributed by atoms with Gasteiger partial charge in [-0.3, -0.25) is 9.59 Å². The second kappa shape index (κ2) is 7.89. The van der Waals surface area contributed by atoms with Gasteiger partial charge in [-0.25, -0.2) is 0 Å². The molecule has 0 atom stereocenters. The van der Waals surface area contributed by atoms with Crippen LogP contribution in [-0.4, -0.2) is 56.2 Å². The minimum Gasteiger partial charge on any atom is -0.469 e. The summed E-state index contributed by atoms with van der Waals surface area (Å²) in [6.45, 7) is 3.57. The number of nitrogens with zero attached hydrogens (tertiary/aromatic N) is 1. The molecule has 1 aromatic heterocycles. The summed E-state index contributed by atoms with van der Waals surface area (Å²) in [6, 6.07) is 2.47. The van der Waals surface area contributed by atoms with Crippen LogP contribution in [-0.2, 0) is 26.3 Å². The van der Waals surface area contributed by atoms with E-state index in [1.165, 1.54) is 17.6 Å². The topological polar surface area (TPSA) is 67.9 Å². The van der Waals surface area contributed by atoms with Gasteiger partial charge in [-0.1, -0.05) is 0 Å². The lowest BCUT2D eigenvalue weighted by Gasteiger charge is -2.43. The van der Waals surface area contributed by atoms with E-state index < -0.39 is 0 Å². The molecule has 1 amide bonds.